The first kappa shape index (κ1) is 34.6. The first-order valence-corrected chi connectivity index (χ1v) is 15.9. The number of aromatic nitrogens is 3. The highest BCUT2D eigenvalue weighted by molar-refractivity contribution is 6.07. The molecule has 0 aliphatic heterocycles. The van der Waals surface area contributed by atoms with E-state index < -0.39 is 12.0 Å². The van der Waals surface area contributed by atoms with Crippen molar-refractivity contribution in [2.24, 2.45) is 18.1 Å². The number of rotatable bonds is 16. The highest BCUT2D eigenvalue weighted by Gasteiger charge is 2.25. The standard InChI is InChI=1S/C35H43N7O5/c1-5-7-8-11-20-47-35(45)40-38-22-26-13-16-28(17-14-26)37-23-32-39-29-21-27(15-18-30(29)41(32)4)33(43)42(31-12-9-10-19-36-31)24-25(3)34(44)46-6-2/h9-10,12-19,21-22,25,37H,5-8,11,20,23-24H2,1-4H3,(H,40,45). The van der Waals surface area contributed by atoms with Crippen molar-refractivity contribution in [3.05, 3.63) is 83.8 Å². The van der Waals surface area contributed by atoms with Gasteiger partial charge in [-0.05, 0) is 61.4 Å². The molecule has 2 heterocycles. The van der Waals surface area contributed by atoms with Gasteiger partial charge >= 0.3 is 12.1 Å². The van der Waals surface area contributed by atoms with Crippen molar-refractivity contribution in [3.63, 3.8) is 0 Å². The Labute approximate surface area is 275 Å². The molecule has 0 saturated carbocycles. The van der Waals surface area contributed by atoms with Crippen LogP contribution in [0.2, 0.25) is 0 Å². The molecule has 1 atom stereocenters. The predicted octanol–water partition coefficient (Wildman–Crippen LogP) is 6.07. The number of imidazole rings is 1. The fourth-order valence-electron chi connectivity index (χ4n) is 4.88. The smallest absolute Gasteiger partial charge is 0.427 e. The molecule has 47 heavy (non-hydrogen) atoms. The van der Waals surface area contributed by atoms with Gasteiger partial charge in [-0.15, -0.1) is 0 Å². The van der Waals surface area contributed by atoms with Crippen molar-refractivity contribution in [1.29, 1.82) is 0 Å². The van der Waals surface area contributed by atoms with Crippen molar-refractivity contribution < 1.29 is 23.9 Å². The zero-order valence-corrected chi connectivity index (χ0v) is 27.4. The lowest BCUT2D eigenvalue weighted by molar-refractivity contribution is -0.146. The highest BCUT2D eigenvalue weighted by Crippen LogP contribution is 2.22. The normalized spacial score (nSPS) is 11.7. The maximum absolute atomic E-state index is 13.8. The van der Waals surface area contributed by atoms with Gasteiger partial charge in [-0.2, -0.15) is 5.10 Å². The zero-order valence-electron chi connectivity index (χ0n) is 27.4. The highest BCUT2D eigenvalue weighted by atomic mass is 16.6. The van der Waals surface area contributed by atoms with E-state index in [4.69, 9.17) is 14.5 Å². The minimum Gasteiger partial charge on any atom is -0.466 e. The number of carbonyl (C=O) groups excluding carboxylic acids is 3. The Morgan fingerprint density at radius 3 is 2.55 bits per heavy atom. The minimum absolute atomic E-state index is 0.122. The Balaban J connectivity index is 1.38. The Kier molecular flexibility index (Phi) is 12.8. The minimum atomic E-state index is -0.566. The number of hydrogen-bond donors (Lipinski definition) is 2. The number of nitrogens with zero attached hydrogens (tertiary/aromatic N) is 5. The van der Waals surface area contributed by atoms with Crippen molar-refractivity contribution in [2.45, 2.75) is 53.0 Å². The summed E-state index contributed by atoms with van der Waals surface area (Å²) < 4.78 is 12.2. The molecule has 248 valence electrons. The maximum atomic E-state index is 13.8. The summed E-state index contributed by atoms with van der Waals surface area (Å²) in [5.41, 5.74) is 6.06. The third kappa shape index (κ3) is 9.86. The lowest BCUT2D eigenvalue weighted by Gasteiger charge is -2.24. The van der Waals surface area contributed by atoms with Gasteiger partial charge in [0.25, 0.3) is 5.91 Å². The number of anilines is 2. The van der Waals surface area contributed by atoms with Gasteiger partial charge in [0.05, 0.1) is 42.9 Å². The first-order valence-electron chi connectivity index (χ1n) is 15.9. The second kappa shape index (κ2) is 17.4. The number of nitrogens with one attached hydrogen (secondary N) is 2. The number of fused-ring (bicyclic) bond motifs is 1. The number of benzene rings is 2. The molecule has 0 saturated heterocycles. The van der Waals surface area contributed by atoms with Crippen LogP contribution in [0.3, 0.4) is 0 Å². The van der Waals surface area contributed by atoms with E-state index >= 15 is 0 Å². The van der Waals surface area contributed by atoms with E-state index in [-0.39, 0.29) is 25.0 Å². The van der Waals surface area contributed by atoms with Crippen LogP contribution in [0.4, 0.5) is 16.3 Å². The van der Waals surface area contributed by atoms with Crippen LogP contribution in [0.15, 0.2) is 72.0 Å². The Morgan fingerprint density at radius 2 is 1.83 bits per heavy atom. The molecule has 0 fully saturated rings. The predicted molar refractivity (Wildman–Crippen MR) is 182 cm³/mol. The number of carbonyl (C=O) groups is 3. The fraction of sp³-hybridized carbons (Fsp3) is 0.371. The van der Waals surface area contributed by atoms with Gasteiger partial charge in [-0.1, -0.05) is 51.3 Å². The Hall–Kier alpha value is -5.26. The van der Waals surface area contributed by atoms with Gasteiger partial charge in [0.1, 0.15) is 11.6 Å². The molecule has 2 N–H and O–H groups in total. The van der Waals surface area contributed by atoms with Crippen LogP contribution in [0.5, 0.6) is 0 Å². The van der Waals surface area contributed by atoms with Crippen molar-refractivity contribution in [2.75, 3.05) is 30.0 Å². The van der Waals surface area contributed by atoms with Gasteiger partial charge in [-0.3, -0.25) is 14.5 Å². The second-order valence-electron chi connectivity index (χ2n) is 11.1. The topological polar surface area (TPSA) is 140 Å². The molecule has 0 bridgehead atoms. The first-order chi connectivity index (χ1) is 22.8. The number of hydrogen-bond acceptors (Lipinski definition) is 9. The van der Waals surface area contributed by atoms with Gasteiger partial charge in [0.15, 0.2) is 0 Å². The average Bonchev–Trinajstić information content (AvgIpc) is 3.40. The SMILES string of the molecule is CCCCCCOC(=O)NN=Cc1ccc(NCc2nc3cc(C(=O)N(CC(C)C(=O)OCC)c4ccccn4)ccc3n2C)cc1. The Bertz CT molecular complexity index is 1650. The summed E-state index contributed by atoms with van der Waals surface area (Å²) in [6.45, 7) is 6.84. The van der Waals surface area contributed by atoms with Gasteiger partial charge in [-0.25, -0.2) is 20.2 Å². The quantitative estimate of drug-likeness (QED) is 0.0651. The zero-order chi connectivity index (χ0) is 33.6. The molecular formula is C35H43N7O5. The summed E-state index contributed by atoms with van der Waals surface area (Å²) in [5, 5.41) is 7.33. The fourth-order valence-corrected chi connectivity index (χ4v) is 4.88. The van der Waals surface area contributed by atoms with E-state index in [0.717, 1.165) is 48.3 Å². The molecular weight excluding hydrogens is 598 g/mol. The van der Waals surface area contributed by atoms with Gasteiger partial charge < -0.3 is 19.4 Å². The number of hydrazone groups is 1. The van der Waals surface area contributed by atoms with Crippen LogP contribution < -0.4 is 15.6 Å². The summed E-state index contributed by atoms with van der Waals surface area (Å²) in [6, 6.07) is 18.3. The molecule has 2 aromatic carbocycles. The lowest BCUT2D eigenvalue weighted by Crippen LogP contribution is -2.38. The third-order valence-electron chi connectivity index (χ3n) is 7.50. The maximum Gasteiger partial charge on any atom is 0.427 e. The van der Waals surface area contributed by atoms with E-state index in [1.807, 2.05) is 41.9 Å². The van der Waals surface area contributed by atoms with E-state index in [2.05, 4.69) is 27.8 Å². The lowest BCUT2D eigenvalue weighted by atomic mass is 10.1. The Morgan fingerprint density at radius 1 is 1.02 bits per heavy atom. The largest absolute Gasteiger partial charge is 0.466 e. The molecule has 2 amide bonds. The molecule has 0 spiro atoms. The summed E-state index contributed by atoms with van der Waals surface area (Å²) in [7, 11) is 1.93. The van der Waals surface area contributed by atoms with E-state index in [1.54, 1.807) is 56.6 Å². The summed E-state index contributed by atoms with van der Waals surface area (Å²) in [6.07, 6.45) is 6.74. The van der Waals surface area contributed by atoms with E-state index in [0.29, 0.717) is 30.0 Å². The van der Waals surface area contributed by atoms with Crippen LogP contribution in [-0.2, 0) is 27.9 Å². The third-order valence-corrected chi connectivity index (χ3v) is 7.50. The van der Waals surface area contributed by atoms with E-state index in [9.17, 15) is 14.4 Å². The monoisotopic (exact) mass is 641 g/mol. The molecule has 12 nitrogen and oxygen atoms in total. The summed E-state index contributed by atoms with van der Waals surface area (Å²) >= 11 is 0. The molecule has 12 heteroatoms. The molecule has 0 aliphatic carbocycles. The van der Waals surface area contributed by atoms with Crippen molar-refractivity contribution >= 4 is 46.7 Å². The number of esters is 1. The summed E-state index contributed by atoms with van der Waals surface area (Å²) in [4.78, 5) is 48.5. The molecule has 1 unspecified atom stereocenters. The van der Waals surface area contributed by atoms with Crippen molar-refractivity contribution in [1.82, 2.24) is 20.0 Å². The number of pyridine rings is 1. The number of unbranched alkanes of at least 4 members (excludes halogenated alkanes) is 3. The second-order valence-corrected chi connectivity index (χ2v) is 11.1. The average molecular weight is 642 g/mol. The number of ether oxygens (including phenoxy) is 2. The van der Waals surface area contributed by atoms with Gasteiger partial charge in [0.2, 0.25) is 0 Å². The number of aryl methyl sites for hydroxylation is 1. The van der Waals surface area contributed by atoms with Crippen LogP contribution in [-0.4, -0.2) is 58.5 Å². The van der Waals surface area contributed by atoms with Crippen LogP contribution in [0, 0.1) is 5.92 Å². The van der Waals surface area contributed by atoms with Crippen molar-refractivity contribution in [3.8, 4) is 0 Å². The van der Waals surface area contributed by atoms with Gasteiger partial charge in [0, 0.05) is 31.0 Å². The molecule has 2 aromatic heterocycles. The molecule has 0 aliphatic rings. The molecule has 0 radical (unpaired) electrons. The number of amides is 2. The van der Waals surface area contributed by atoms with Crippen LogP contribution >= 0.6 is 0 Å². The van der Waals surface area contributed by atoms with E-state index in [1.165, 1.54) is 4.90 Å². The molecule has 4 aromatic rings. The van der Waals surface area contributed by atoms with Crippen LogP contribution in [0.25, 0.3) is 11.0 Å². The molecule has 4 rings (SSSR count). The van der Waals surface area contributed by atoms with Crippen LogP contribution in [0.1, 0.15) is 68.2 Å². The summed E-state index contributed by atoms with van der Waals surface area (Å²) in [5.74, 6) is 0.0341.